The molecule has 0 radical (unpaired) electrons. The second-order valence-corrected chi connectivity index (χ2v) is 7.08. The van der Waals surface area contributed by atoms with Gasteiger partial charge in [-0.2, -0.15) is 0 Å². The maximum absolute atomic E-state index is 12.3. The van der Waals surface area contributed by atoms with E-state index >= 15 is 0 Å². The molecule has 0 saturated carbocycles. The van der Waals surface area contributed by atoms with Crippen LogP contribution in [-0.2, 0) is 9.59 Å². The third kappa shape index (κ3) is 4.56. The van der Waals surface area contributed by atoms with Crippen LogP contribution in [-0.4, -0.2) is 39.4 Å². The number of amides is 1. The van der Waals surface area contributed by atoms with E-state index < -0.39 is 12.5 Å². The molecule has 0 spiro atoms. The lowest BCUT2D eigenvalue weighted by Gasteiger charge is -2.11. The van der Waals surface area contributed by atoms with Gasteiger partial charge in [-0.05, 0) is 18.1 Å². The van der Waals surface area contributed by atoms with Gasteiger partial charge in [-0.3, -0.25) is 14.5 Å². The van der Waals surface area contributed by atoms with E-state index in [1.807, 2.05) is 24.3 Å². The van der Waals surface area contributed by atoms with Crippen LogP contribution in [0.15, 0.2) is 29.2 Å². The summed E-state index contributed by atoms with van der Waals surface area (Å²) in [6.45, 7) is 4.26. The van der Waals surface area contributed by atoms with Crippen LogP contribution in [0.2, 0.25) is 0 Å². The average molecular weight is 351 g/mol. The van der Waals surface area contributed by atoms with Crippen molar-refractivity contribution in [2.45, 2.75) is 13.8 Å². The fraction of sp³-hybridized carbons (Fsp3) is 0.312. The molecule has 5 nitrogen and oxygen atoms in total. The minimum atomic E-state index is -1.09. The molecule has 0 atom stereocenters. The Balaban J connectivity index is 2.24. The van der Waals surface area contributed by atoms with Gasteiger partial charge in [0.25, 0.3) is 5.91 Å². The van der Waals surface area contributed by atoms with Gasteiger partial charge < -0.3 is 9.84 Å². The monoisotopic (exact) mass is 351 g/mol. The van der Waals surface area contributed by atoms with Crippen molar-refractivity contribution in [1.29, 1.82) is 0 Å². The van der Waals surface area contributed by atoms with Crippen LogP contribution in [0.5, 0.6) is 5.75 Å². The van der Waals surface area contributed by atoms with E-state index in [9.17, 15) is 9.59 Å². The highest BCUT2D eigenvalue weighted by Gasteiger charge is 2.33. The molecule has 23 heavy (non-hydrogen) atoms. The van der Waals surface area contributed by atoms with E-state index in [1.165, 1.54) is 0 Å². The number of hydrogen-bond acceptors (Lipinski definition) is 5. The van der Waals surface area contributed by atoms with Crippen LogP contribution in [0.25, 0.3) is 6.08 Å². The summed E-state index contributed by atoms with van der Waals surface area (Å²) in [4.78, 5) is 24.6. The number of nitrogens with zero attached hydrogens (tertiary/aromatic N) is 1. The second kappa shape index (κ2) is 7.61. The minimum absolute atomic E-state index is 0.254. The molecule has 0 unspecified atom stereocenters. The van der Waals surface area contributed by atoms with Crippen molar-refractivity contribution in [2.24, 2.45) is 5.92 Å². The average Bonchev–Trinajstić information content (AvgIpc) is 2.73. The molecule has 1 fully saturated rings. The standard InChI is InChI=1S/C16H17NO4S2/c1-10(2)9-21-12-6-4-3-5-11(12)7-13-15(20)17(8-14(18)19)16(22)23-13/h3-7,10H,8-9H2,1-2H3,(H,18,19)/b13-7-. The smallest absolute Gasteiger partial charge is 0.323 e. The molecule has 0 aliphatic carbocycles. The number of aliphatic carboxylic acids is 1. The van der Waals surface area contributed by atoms with E-state index in [1.54, 1.807) is 6.08 Å². The summed E-state index contributed by atoms with van der Waals surface area (Å²) in [5.41, 5.74) is 0.768. The lowest BCUT2D eigenvalue weighted by atomic mass is 10.1. The summed E-state index contributed by atoms with van der Waals surface area (Å²) in [5, 5.41) is 8.85. The van der Waals surface area contributed by atoms with Crippen LogP contribution in [0, 0.1) is 5.92 Å². The zero-order chi connectivity index (χ0) is 17.0. The number of rotatable bonds is 6. The highest BCUT2D eigenvalue weighted by molar-refractivity contribution is 8.26. The number of carboxylic acids is 1. The molecule has 1 aliphatic heterocycles. The number of benzene rings is 1. The fourth-order valence-corrected chi connectivity index (χ4v) is 3.15. The van der Waals surface area contributed by atoms with Gasteiger partial charge in [0.2, 0.25) is 0 Å². The molecule has 1 N–H and O–H groups in total. The number of carbonyl (C=O) groups is 2. The van der Waals surface area contributed by atoms with E-state index in [0.29, 0.717) is 23.2 Å². The Labute approximate surface area is 144 Å². The highest BCUT2D eigenvalue weighted by Crippen LogP contribution is 2.34. The van der Waals surface area contributed by atoms with Gasteiger partial charge in [0.05, 0.1) is 11.5 Å². The van der Waals surface area contributed by atoms with Crippen molar-refractivity contribution in [3.8, 4) is 5.75 Å². The Morgan fingerprint density at radius 2 is 2.13 bits per heavy atom. The first-order valence-corrected chi connectivity index (χ1v) is 8.30. The fourth-order valence-electron chi connectivity index (χ4n) is 1.90. The van der Waals surface area contributed by atoms with E-state index in [4.69, 9.17) is 22.1 Å². The second-order valence-electron chi connectivity index (χ2n) is 5.40. The number of hydrogen-bond donors (Lipinski definition) is 1. The number of carbonyl (C=O) groups excluding carboxylic acids is 1. The summed E-state index contributed by atoms with van der Waals surface area (Å²) < 4.78 is 6.01. The van der Waals surface area contributed by atoms with Crippen LogP contribution < -0.4 is 4.74 Å². The Kier molecular flexibility index (Phi) is 5.79. The summed E-state index contributed by atoms with van der Waals surface area (Å²) in [6, 6.07) is 7.40. The van der Waals surface area contributed by atoms with Crippen molar-refractivity contribution in [1.82, 2.24) is 4.90 Å². The molecule has 1 aliphatic rings. The number of thioether (sulfide) groups is 1. The van der Waals surface area contributed by atoms with Gasteiger partial charge in [-0.1, -0.05) is 56.0 Å². The molecule has 1 aromatic rings. The van der Waals surface area contributed by atoms with E-state index in [0.717, 1.165) is 22.2 Å². The van der Waals surface area contributed by atoms with Crippen LogP contribution in [0.3, 0.4) is 0 Å². The summed E-state index contributed by atoms with van der Waals surface area (Å²) >= 11 is 6.18. The molecule has 1 amide bonds. The van der Waals surface area contributed by atoms with Crippen molar-refractivity contribution in [3.05, 3.63) is 34.7 Å². The minimum Gasteiger partial charge on any atom is -0.493 e. The molecule has 1 heterocycles. The van der Waals surface area contributed by atoms with Crippen LogP contribution in [0.1, 0.15) is 19.4 Å². The maximum Gasteiger partial charge on any atom is 0.323 e. The first-order chi connectivity index (χ1) is 10.9. The molecule has 0 aromatic heterocycles. The largest absolute Gasteiger partial charge is 0.493 e. The Hall–Kier alpha value is -1.86. The first-order valence-electron chi connectivity index (χ1n) is 7.07. The van der Waals surface area contributed by atoms with Gasteiger partial charge in [0.15, 0.2) is 0 Å². The molecule has 2 rings (SSSR count). The molecular weight excluding hydrogens is 334 g/mol. The zero-order valence-corrected chi connectivity index (χ0v) is 14.4. The molecule has 1 aromatic carbocycles. The lowest BCUT2D eigenvalue weighted by Crippen LogP contribution is -2.33. The Bertz CT molecular complexity index is 670. The quantitative estimate of drug-likeness (QED) is 0.628. The number of ether oxygens (including phenoxy) is 1. The first kappa shape index (κ1) is 17.5. The zero-order valence-electron chi connectivity index (χ0n) is 12.8. The maximum atomic E-state index is 12.3. The lowest BCUT2D eigenvalue weighted by molar-refractivity contribution is -0.140. The highest BCUT2D eigenvalue weighted by atomic mass is 32.2. The predicted molar refractivity (Wildman–Crippen MR) is 94.3 cm³/mol. The van der Waals surface area contributed by atoms with Crippen molar-refractivity contribution in [3.63, 3.8) is 0 Å². The van der Waals surface area contributed by atoms with Gasteiger partial charge in [-0.15, -0.1) is 0 Å². The van der Waals surface area contributed by atoms with Crippen molar-refractivity contribution >= 4 is 46.3 Å². The third-order valence-electron chi connectivity index (χ3n) is 2.94. The molecular formula is C16H17NO4S2. The number of para-hydroxylation sites is 1. The molecule has 1 saturated heterocycles. The van der Waals surface area contributed by atoms with Crippen LogP contribution >= 0.6 is 24.0 Å². The van der Waals surface area contributed by atoms with E-state index in [2.05, 4.69) is 13.8 Å². The van der Waals surface area contributed by atoms with E-state index in [-0.39, 0.29) is 10.2 Å². The normalized spacial score (nSPS) is 16.5. The Morgan fingerprint density at radius 3 is 2.78 bits per heavy atom. The van der Waals surface area contributed by atoms with Gasteiger partial charge in [0.1, 0.15) is 16.6 Å². The Morgan fingerprint density at radius 1 is 1.43 bits per heavy atom. The van der Waals surface area contributed by atoms with Crippen molar-refractivity contribution in [2.75, 3.05) is 13.2 Å². The van der Waals surface area contributed by atoms with Crippen molar-refractivity contribution < 1.29 is 19.4 Å². The summed E-state index contributed by atoms with van der Waals surface area (Å²) in [7, 11) is 0. The number of carboxylic acid groups (broad SMARTS) is 1. The van der Waals surface area contributed by atoms with Crippen LogP contribution in [0.4, 0.5) is 0 Å². The summed E-state index contributed by atoms with van der Waals surface area (Å²) in [6.07, 6.45) is 1.69. The van der Waals surface area contributed by atoms with Gasteiger partial charge in [0, 0.05) is 5.56 Å². The topological polar surface area (TPSA) is 66.8 Å². The number of thiocarbonyl (C=S) groups is 1. The summed E-state index contributed by atoms with van der Waals surface area (Å²) in [5.74, 6) is -0.411. The molecule has 122 valence electrons. The predicted octanol–water partition coefficient (Wildman–Crippen LogP) is 3.01. The van der Waals surface area contributed by atoms with Gasteiger partial charge >= 0.3 is 5.97 Å². The van der Waals surface area contributed by atoms with Gasteiger partial charge in [-0.25, -0.2) is 0 Å². The third-order valence-corrected chi connectivity index (χ3v) is 4.32. The molecule has 7 heteroatoms. The molecule has 0 bridgehead atoms. The SMILES string of the molecule is CC(C)COc1ccccc1/C=C1\SC(=S)N(CC(=O)O)C1=O.